The molecule has 2 aromatic carbocycles. The van der Waals surface area contributed by atoms with Gasteiger partial charge in [-0.2, -0.15) is 0 Å². The van der Waals surface area contributed by atoms with Crippen molar-refractivity contribution in [3.63, 3.8) is 0 Å². The molecule has 0 radical (unpaired) electrons. The number of thiophene rings is 1. The number of hydrogen-bond donors (Lipinski definition) is 1. The minimum Gasteiger partial charge on any atom is -0.465 e. The van der Waals surface area contributed by atoms with Crippen molar-refractivity contribution < 1.29 is 22.7 Å². The van der Waals surface area contributed by atoms with Gasteiger partial charge in [0.1, 0.15) is 5.00 Å². The molecule has 0 atom stereocenters. The van der Waals surface area contributed by atoms with Crippen LogP contribution in [0.5, 0.6) is 0 Å². The quantitative estimate of drug-likeness (QED) is 0.492. The summed E-state index contributed by atoms with van der Waals surface area (Å²) in [5.74, 6) is -1.02. The normalized spacial score (nSPS) is 13.8. The molecule has 0 unspecified atom stereocenters. The van der Waals surface area contributed by atoms with E-state index in [4.69, 9.17) is 4.74 Å². The van der Waals surface area contributed by atoms with Crippen LogP contribution in [0.25, 0.3) is 0 Å². The Labute approximate surface area is 203 Å². The summed E-state index contributed by atoms with van der Waals surface area (Å²) in [6.07, 6.45) is 0.670. The lowest BCUT2D eigenvalue weighted by Crippen LogP contribution is -2.29. The second-order valence-electron chi connectivity index (χ2n) is 8.03. The molecule has 0 aliphatic carbocycles. The number of carbonyl (C=O) groups excluding carboxylic acids is 2. The number of esters is 1. The predicted molar refractivity (Wildman–Crippen MR) is 132 cm³/mol. The lowest BCUT2D eigenvalue weighted by atomic mass is 10.0. The highest BCUT2D eigenvalue weighted by Crippen LogP contribution is 2.38. The monoisotopic (exact) mass is 498 g/mol. The van der Waals surface area contributed by atoms with Gasteiger partial charge in [-0.3, -0.25) is 9.69 Å². The summed E-state index contributed by atoms with van der Waals surface area (Å²) in [5, 5.41) is 3.25. The lowest BCUT2D eigenvalue weighted by molar-refractivity contribution is 0.0600. The molecular weight excluding hydrogens is 472 g/mol. The van der Waals surface area contributed by atoms with Crippen LogP contribution in [0.1, 0.15) is 43.6 Å². The smallest absolute Gasteiger partial charge is 0.341 e. The number of rotatable bonds is 7. The van der Waals surface area contributed by atoms with E-state index < -0.39 is 21.7 Å². The largest absolute Gasteiger partial charge is 0.465 e. The number of nitrogens with one attached hydrogen (secondary N) is 1. The number of fused-ring (bicyclic) bond motifs is 1. The van der Waals surface area contributed by atoms with E-state index in [1.54, 1.807) is 19.1 Å². The van der Waals surface area contributed by atoms with Crippen molar-refractivity contribution in [3.05, 3.63) is 81.7 Å². The van der Waals surface area contributed by atoms with E-state index in [1.807, 2.05) is 18.2 Å². The average Bonchev–Trinajstić information content (AvgIpc) is 3.21. The van der Waals surface area contributed by atoms with Gasteiger partial charge in [-0.25, -0.2) is 13.2 Å². The van der Waals surface area contributed by atoms with Crippen molar-refractivity contribution in [2.45, 2.75) is 31.3 Å². The van der Waals surface area contributed by atoms with Crippen LogP contribution >= 0.6 is 11.3 Å². The van der Waals surface area contributed by atoms with Crippen LogP contribution in [-0.4, -0.2) is 44.6 Å². The molecule has 1 aromatic heterocycles. The zero-order valence-corrected chi connectivity index (χ0v) is 20.7. The van der Waals surface area contributed by atoms with Crippen LogP contribution in [0.15, 0.2) is 59.5 Å². The second kappa shape index (κ2) is 10.1. The summed E-state index contributed by atoms with van der Waals surface area (Å²) in [6, 6.07) is 16.1. The molecule has 178 valence electrons. The Hall–Kier alpha value is -3.01. The Morgan fingerprint density at radius 1 is 1.12 bits per heavy atom. The van der Waals surface area contributed by atoms with E-state index >= 15 is 0 Å². The van der Waals surface area contributed by atoms with Gasteiger partial charge >= 0.3 is 5.97 Å². The Kier molecular flexibility index (Phi) is 7.16. The molecule has 0 spiro atoms. The highest BCUT2D eigenvalue weighted by Gasteiger charge is 2.29. The summed E-state index contributed by atoms with van der Waals surface area (Å²) < 4.78 is 29.4. The van der Waals surface area contributed by atoms with Crippen molar-refractivity contribution >= 4 is 38.1 Å². The van der Waals surface area contributed by atoms with Gasteiger partial charge in [0.15, 0.2) is 9.84 Å². The molecule has 0 saturated carbocycles. The maximum atomic E-state index is 13.0. The molecule has 1 aliphatic rings. The third-order valence-corrected chi connectivity index (χ3v) is 8.70. The number of carbonyl (C=O) groups is 2. The van der Waals surface area contributed by atoms with E-state index in [0.717, 1.165) is 23.5 Å². The van der Waals surface area contributed by atoms with Crippen LogP contribution in [0, 0.1) is 0 Å². The topological polar surface area (TPSA) is 92.8 Å². The molecule has 2 heterocycles. The molecule has 1 N–H and O–H groups in total. The van der Waals surface area contributed by atoms with Crippen molar-refractivity contribution in [1.82, 2.24) is 4.90 Å². The minimum atomic E-state index is -3.44. The van der Waals surface area contributed by atoms with Crippen LogP contribution in [-0.2, 0) is 34.1 Å². The summed E-state index contributed by atoms with van der Waals surface area (Å²) >= 11 is 1.36. The maximum absolute atomic E-state index is 13.0. The number of methoxy groups -OCH3 is 1. The zero-order chi connectivity index (χ0) is 24.3. The molecule has 0 fully saturated rings. The van der Waals surface area contributed by atoms with E-state index in [-0.39, 0.29) is 16.2 Å². The highest BCUT2D eigenvalue weighted by molar-refractivity contribution is 7.91. The fraction of sp³-hybridized carbons (Fsp3) is 0.280. The van der Waals surface area contributed by atoms with Crippen molar-refractivity contribution in [3.8, 4) is 0 Å². The number of sulfone groups is 1. The van der Waals surface area contributed by atoms with Gasteiger partial charge in [0.25, 0.3) is 5.91 Å². The molecule has 1 aliphatic heterocycles. The van der Waals surface area contributed by atoms with Gasteiger partial charge in [0.2, 0.25) is 0 Å². The standard InChI is InChI=1S/C25H26N2O5S2/c1-3-34(30,31)19-11-7-10-18(14-19)23(28)26-24-22(25(29)32-2)20-12-13-27(16-21(20)33-24)15-17-8-5-4-6-9-17/h4-11,14H,3,12-13,15-16H2,1-2H3,(H,26,28). The van der Waals surface area contributed by atoms with Crippen LogP contribution < -0.4 is 5.32 Å². The average molecular weight is 499 g/mol. The number of benzene rings is 2. The van der Waals surface area contributed by atoms with E-state index in [1.165, 1.54) is 36.1 Å². The second-order valence-corrected chi connectivity index (χ2v) is 11.4. The third kappa shape index (κ3) is 5.06. The van der Waals surface area contributed by atoms with Crippen molar-refractivity contribution in [2.24, 2.45) is 0 Å². The number of amides is 1. The molecule has 0 bridgehead atoms. The third-order valence-electron chi connectivity index (χ3n) is 5.84. The van der Waals surface area contributed by atoms with Gasteiger partial charge < -0.3 is 10.1 Å². The number of ether oxygens (including phenoxy) is 1. The summed E-state index contributed by atoms with van der Waals surface area (Å²) in [4.78, 5) is 29.0. The highest BCUT2D eigenvalue weighted by atomic mass is 32.2. The number of hydrogen-bond acceptors (Lipinski definition) is 7. The first kappa shape index (κ1) is 24.1. The predicted octanol–water partition coefficient (Wildman–Crippen LogP) is 4.14. The van der Waals surface area contributed by atoms with Crippen LogP contribution in [0.4, 0.5) is 5.00 Å². The first-order valence-electron chi connectivity index (χ1n) is 11.0. The first-order valence-corrected chi connectivity index (χ1v) is 13.4. The number of nitrogens with zero attached hydrogens (tertiary/aromatic N) is 1. The Morgan fingerprint density at radius 3 is 2.59 bits per heavy atom. The fourth-order valence-corrected chi connectivity index (χ4v) is 6.21. The number of anilines is 1. The molecular formula is C25H26N2O5S2. The van der Waals surface area contributed by atoms with Gasteiger partial charge in [-0.15, -0.1) is 11.3 Å². The molecule has 3 aromatic rings. The Balaban J connectivity index is 1.60. The van der Waals surface area contributed by atoms with Gasteiger partial charge in [-0.1, -0.05) is 43.3 Å². The zero-order valence-electron chi connectivity index (χ0n) is 19.0. The van der Waals surface area contributed by atoms with Crippen molar-refractivity contribution in [2.75, 3.05) is 24.7 Å². The van der Waals surface area contributed by atoms with Crippen LogP contribution in [0.2, 0.25) is 0 Å². The van der Waals surface area contributed by atoms with Gasteiger partial charge in [0, 0.05) is 30.1 Å². The molecule has 7 nitrogen and oxygen atoms in total. The Morgan fingerprint density at radius 2 is 1.88 bits per heavy atom. The molecule has 9 heteroatoms. The van der Waals surface area contributed by atoms with Gasteiger partial charge in [-0.05, 0) is 35.7 Å². The first-order chi connectivity index (χ1) is 16.3. The lowest BCUT2D eigenvalue weighted by Gasteiger charge is -2.27. The molecule has 34 heavy (non-hydrogen) atoms. The summed E-state index contributed by atoms with van der Waals surface area (Å²) in [5.41, 5.74) is 2.71. The fourth-order valence-electron chi connectivity index (χ4n) is 4.01. The van der Waals surface area contributed by atoms with Crippen LogP contribution in [0.3, 0.4) is 0 Å². The van der Waals surface area contributed by atoms with E-state index in [0.29, 0.717) is 23.5 Å². The maximum Gasteiger partial charge on any atom is 0.341 e. The summed E-state index contributed by atoms with van der Waals surface area (Å²) in [7, 11) is -2.12. The molecule has 0 saturated heterocycles. The summed E-state index contributed by atoms with van der Waals surface area (Å²) in [6.45, 7) is 3.81. The Bertz CT molecular complexity index is 1320. The van der Waals surface area contributed by atoms with E-state index in [2.05, 4.69) is 22.3 Å². The van der Waals surface area contributed by atoms with E-state index in [9.17, 15) is 18.0 Å². The van der Waals surface area contributed by atoms with Gasteiger partial charge in [0.05, 0.1) is 23.3 Å². The van der Waals surface area contributed by atoms with Crippen molar-refractivity contribution in [1.29, 1.82) is 0 Å². The molecule has 4 rings (SSSR count). The molecule has 1 amide bonds. The SMILES string of the molecule is CCS(=O)(=O)c1cccc(C(=O)Nc2sc3c(c2C(=O)OC)CCN(Cc2ccccc2)C3)c1. The minimum absolute atomic E-state index is 0.0539.